The van der Waals surface area contributed by atoms with Gasteiger partial charge in [-0.15, -0.1) is 0 Å². The predicted octanol–water partition coefficient (Wildman–Crippen LogP) is 5.54. The Balaban J connectivity index is 1.44. The molecule has 0 radical (unpaired) electrons. The first-order valence-electron chi connectivity index (χ1n) is 18.8. The summed E-state index contributed by atoms with van der Waals surface area (Å²) in [7, 11) is 1.64. The highest BCUT2D eigenvalue weighted by molar-refractivity contribution is 7.99. The number of unbranched alkanes of at least 4 members (excludes halogenated alkanes) is 1. The summed E-state index contributed by atoms with van der Waals surface area (Å²) in [5.74, 6) is -1.00. The fourth-order valence-electron chi connectivity index (χ4n) is 6.96. The summed E-state index contributed by atoms with van der Waals surface area (Å²) in [5, 5.41) is 11.8. The Morgan fingerprint density at radius 1 is 0.836 bits per heavy atom. The van der Waals surface area contributed by atoms with Gasteiger partial charge in [0, 0.05) is 54.8 Å². The molecule has 2 aromatic heterocycles. The third-order valence-electron chi connectivity index (χ3n) is 10.0. The van der Waals surface area contributed by atoms with Gasteiger partial charge in [0.25, 0.3) is 0 Å². The first-order chi connectivity index (χ1) is 26.8. The van der Waals surface area contributed by atoms with Crippen LogP contribution in [0.25, 0.3) is 22.0 Å². The average Bonchev–Trinajstić information content (AvgIpc) is 3.62. The molecule has 3 atom stereocenters. The van der Waals surface area contributed by atoms with Crippen molar-refractivity contribution < 1.29 is 14.4 Å². The maximum absolute atomic E-state index is 14.5. The first kappa shape index (κ1) is 40.0. The fourth-order valence-corrected chi connectivity index (χ4v) is 8.31. The maximum atomic E-state index is 14.5. The molecule has 55 heavy (non-hydrogen) atoms. The average molecular weight is 781 g/mol. The number of fused-ring (bicyclic) bond motifs is 3. The van der Waals surface area contributed by atoms with Crippen molar-refractivity contribution in [2.45, 2.75) is 79.7 Å². The van der Waals surface area contributed by atoms with Crippen LogP contribution in [0.2, 0.25) is 5.02 Å². The molecule has 11 nitrogen and oxygen atoms in total. The number of H-pyrrole nitrogens is 1. The van der Waals surface area contributed by atoms with Crippen molar-refractivity contribution in [1.29, 1.82) is 0 Å². The molecule has 1 aliphatic rings. The molecule has 3 heterocycles. The molecule has 288 valence electrons. The Bertz CT molecular complexity index is 2090. The molecule has 3 unspecified atom stereocenters. The second-order valence-electron chi connectivity index (χ2n) is 13.8. The zero-order valence-electron chi connectivity index (χ0n) is 31.0. The molecule has 8 N–H and O–H groups in total. The number of carbonyl (C=O) groups is 3. The lowest BCUT2D eigenvalue weighted by atomic mass is 10.0. The first-order valence-corrected chi connectivity index (χ1v) is 20.0. The van der Waals surface area contributed by atoms with Crippen LogP contribution < -0.4 is 27.4 Å². The molecule has 0 spiro atoms. The number of aromatic nitrogens is 2. The standard InChI is InChI=1S/C42H49ClN8O3S/c1-51-37(23-30-25-47-34-15-6-5-14-32(30)34)40(53)49-26-31-21-29(27-11-3-2-4-12-27)22-33(43)38(31)55-41-28(13-10-20-46-41)24-48-35(17-9-19-45)39(52)50-36(42(51)54)16-7-8-18-44/h2-6,10-15,20-22,25,35-37,47-48H,7-9,16-19,23-24,26,44-45H2,1H3,(H,49,53)(H,50,52). The van der Waals surface area contributed by atoms with Gasteiger partial charge in [-0.2, -0.15) is 0 Å². The zero-order valence-corrected chi connectivity index (χ0v) is 32.6. The molecule has 6 rings (SSSR count). The monoisotopic (exact) mass is 780 g/mol. The van der Waals surface area contributed by atoms with E-state index in [0.717, 1.165) is 43.6 Å². The molecule has 0 bridgehead atoms. The Morgan fingerprint density at radius 3 is 2.40 bits per heavy atom. The van der Waals surface area contributed by atoms with Gasteiger partial charge in [-0.3, -0.25) is 14.4 Å². The topological polar surface area (TPSA) is 171 Å². The summed E-state index contributed by atoms with van der Waals surface area (Å²) in [6.07, 6.45) is 6.60. The Kier molecular flexibility index (Phi) is 14.0. The Morgan fingerprint density at radius 2 is 1.60 bits per heavy atom. The minimum Gasteiger partial charge on any atom is -0.361 e. The Hall–Kier alpha value is -4.72. The molecule has 0 saturated heterocycles. The number of rotatable bonds is 10. The van der Waals surface area contributed by atoms with Gasteiger partial charge in [0.2, 0.25) is 17.7 Å². The lowest BCUT2D eigenvalue weighted by Crippen LogP contribution is -2.57. The number of hydrogen-bond donors (Lipinski definition) is 6. The number of para-hydroxylation sites is 1. The van der Waals surface area contributed by atoms with E-state index >= 15 is 0 Å². The molecule has 0 saturated carbocycles. The summed E-state index contributed by atoms with van der Waals surface area (Å²) in [4.78, 5) is 53.4. The van der Waals surface area contributed by atoms with Gasteiger partial charge >= 0.3 is 0 Å². The van der Waals surface area contributed by atoms with E-state index in [1.54, 1.807) is 13.2 Å². The third-order valence-corrected chi connectivity index (χ3v) is 11.7. The van der Waals surface area contributed by atoms with E-state index < -0.39 is 18.1 Å². The molecule has 1 aliphatic heterocycles. The number of nitrogens with two attached hydrogens (primary N) is 2. The number of halogens is 1. The summed E-state index contributed by atoms with van der Waals surface area (Å²) in [5.41, 5.74) is 17.1. The van der Waals surface area contributed by atoms with Gasteiger partial charge in [0.1, 0.15) is 17.1 Å². The van der Waals surface area contributed by atoms with Crippen LogP contribution in [0.5, 0.6) is 0 Å². The predicted molar refractivity (Wildman–Crippen MR) is 219 cm³/mol. The maximum Gasteiger partial charge on any atom is 0.245 e. The largest absolute Gasteiger partial charge is 0.361 e. The van der Waals surface area contributed by atoms with Gasteiger partial charge in [-0.1, -0.05) is 78.0 Å². The van der Waals surface area contributed by atoms with E-state index in [1.165, 1.54) is 16.7 Å². The van der Waals surface area contributed by atoms with Crippen molar-refractivity contribution in [3.63, 3.8) is 0 Å². The van der Waals surface area contributed by atoms with Gasteiger partial charge in [-0.05, 0) is 97.3 Å². The van der Waals surface area contributed by atoms with Crippen LogP contribution in [0.15, 0.2) is 101 Å². The van der Waals surface area contributed by atoms with E-state index in [4.69, 9.17) is 28.1 Å². The number of aromatic amines is 1. The van der Waals surface area contributed by atoms with Gasteiger partial charge in [0.05, 0.1) is 11.1 Å². The van der Waals surface area contributed by atoms with E-state index in [0.29, 0.717) is 61.8 Å². The van der Waals surface area contributed by atoms with Crippen LogP contribution in [0.1, 0.15) is 48.8 Å². The van der Waals surface area contributed by atoms with Crippen LogP contribution in [0.3, 0.4) is 0 Å². The lowest BCUT2D eigenvalue weighted by Gasteiger charge is -2.32. The summed E-state index contributed by atoms with van der Waals surface area (Å²) >= 11 is 8.52. The highest BCUT2D eigenvalue weighted by Crippen LogP contribution is 2.40. The van der Waals surface area contributed by atoms with Crippen molar-refractivity contribution in [3.8, 4) is 11.1 Å². The smallest absolute Gasteiger partial charge is 0.245 e. The van der Waals surface area contributed by atoms with E-state index in [-0.39, 0.29) is 30.7 Å². The summed E-state index contributed by atoms with van der Waals surface area (Å²) < 4.78 is 0. The number of nitrogens with one attached hydrogen (secondary N) is 4. The number of benzene rings is 3. The Labute approximate surface area is 331 Å². The van der Waals surface area contributed by atoms with Crippen molar-refractivity contribution in [2.24, 2.45) is 11.5 Å². The minimum atomic E-state index is -0.909. The van der Waals surface area contributed by atoms with Crippen LogP contribution in [0, 0.1) is 0 Å². The number of carbonyl (C=O) groups excluding carboxylic acids is 3. The molecule has 13 heteroatoms. The van der Waals surface area contributed by atoms with Gasteiger partial charge in [-0.25, -0.2) is 4.98 Å². The highest BCUT2D eigenvalue weighted by atomic mass is 35.5. The molecule has 5 aromatic rings. The number of hydrogen-bond acceptors (Lipinski definition) is 8. The van der Waals surface area contributed by atoms with Crippen molar-refractivity contribution in [2.75, 3.05) is 20.1 Å². The molecular weight excluding hydrogens is 732 g/mol. The molecule has 0 fully saturated rings. The van der Waals surface area contributed by atoms with Crippen LogP contribution in [-0.4, -0.2) is 70.9 Å². The van der Waals surface area contributed by atoms with E-state index in [2.05, 4.69) is 20.9 Å². The quantitative estimate of drug-likeness (QED) is 0.100. The molecular formula is C42H49ClN8O3S. The lowest BCUT2D eigenvalue weighted by molar-refractivity contribution is -0.142. The van der Waals surface area contributed by atoms with E-state index in [9.17, 15) is 14.4 Å². The normalized spacial score (nSPS) is 18.7. The van der Waals surface area contributed by atoms with E-state index in [1.807, 2.05) is 85.1 Å². The van der Waals surface area contributed by atoms with Crippen molar-refractivity contribution in [3.05, 3.63) is 113 Å². The van der Waals surface area contributed by atoms with Crippen molar-refractivity contribution >= 4 is 52.0 Å². The number of likely N-dealkylation sites (N-methyl/N-ethyl adjacent to an activating group) is 1. The zero-order chi connectivity index (χ0) is 38.7. The van der Waals surface area contributed by atoms with Gasteiger partial charge < -0.3 is 37.3 Å². The second-order valence-corrected chi connectivity index (χ2v) is 15.2. The van der Waals surface area contributed by atoms with Crippen molar-refractivity contribution in [1.82, 2.24) is 30.8 Å². The highest BCUT2D eigenvalue weighted by Gasteiger charge is 2.34. The molecule has 3 aromatic carbocycles. The number of nitrogens with zero attached hydrogens (tertiary/aromatic N) is 2. The van der Waals surface area contributed by atoms with Crippen LogP contribution in [-0.2, 0) is 33.9 Å². The molecule has 0 aliphatic carbocycles. The SMILES string of the molecule is CN1C(=O)C(CCCCN)NC(=O)C(CCCN)NCc2cccnc2Sc2c(Cl)cc(-c3ccccc3)cc2CNC(=O)C1Cc1c[nH]c2ccccc12. The van der Waals surface area contributed by atoms with Gasteiger partial charge in [0.15, 0.2) is 0 Å². The van der Waals surface area contributed by atoms with Crippen LogP contribution >= 0.6 is 23.4 Å². The summed E-state index contributed by atoms with van der Waals surface area (Å²) in [6, 6.07) is 23.2. The number of pyridine rings is 1. The minimum absolute atomic E-state index is 0.145. The van der Waals surface area contributed by atoms with Crippen LogP contribution in [0.4, 0.5) is 0 Å². The second kappa shape index (κ2) is 19.2. The molecule has 3 amide bonds. The number of amides is 3. The third kappa shape index (κ3) is 9.94. The fraction of sp³-hybridized carbons (Fsp3) is 0.333. The summed E-state index contributed by atoms with van der Waals surface area (Å²) in [6.45, 7) is 1.35.